The zero-order valence-corrected chi connectivity index (χ0v) is 7.87. The number of hydrogen-bond acceptors (Lipinski definition) is 2. The van der Waals surface area contributed by atoms with Gasteiger partial charge in [0, 0.05) is 10.4 Å². The second kappa shape index (κ2) is 3.18. The van der Waals surface area contributed by atoms with Gasteiger partial charge in [-0.2, -0.15) is 0 Å². The summed E-state index contributed by atoms with van der Waals surface area (Å²) in [6.45, 7) is 6.12. The molecule has 0 aliphatic heterocycles. The maximum Gasteiger partial charge on any atom is 0.109 e. The predicted molar refractivity (Wildman–Crippen MR) is 50.0 cm³/mol. The normalized spacial score (nSPS) is 10.5. The molecule has 0 saturated heterocycles. The number of aryl methyl sites for hydroxylation is 1. The first-order chi connectivity index (χ1) is 5.13. The minimum atomic E-state index is 0.418. The van der Waals surface area contributed by atoms with Gasteiger partial charge in [-0.1, -0.05) is 26.1 Å². The molecule has 0 radical (unpaired) electrons. The molecule has 0 aromatic carbocycles. The smallest absolute Gasteiger partial charge is 0.109 e. The van der Waals surface area contributed by atoms with Gasteiger partial charge in [-0.3, -0.25) is 0 Å². The van der Waals surface area contributed by atoms with Crippen molar-refractivity contribution in [2.75, 3.05) is 0 Å². The molecule has 60 valence electrons. The molecular formula is C9H12OS. The number of furan rings is 1. The molecule has 0 atom stereocenters. The molecule has 1 aromatic heterocycles. The van der Waals surface area contributed by atoms with Gasteiger partial charge in [0.05, 0.1) is 6.26 Å². The van der Waals surface area contributed by atoms with Crippen LogP contribution in [0.4, 0.5) is 0 Å². The van der Waals surface area contributed by atoms with Crippen molar-refractivity contribution in [1.29, 1.82) is 0 Å². The lowest BCUT2D eigenvalue weighted by atomic mass is 10.0. The Morgan fingerprint density at radius 1 is 1.55 bits per heavy atom. The number of rotatable bonds is 2. The summed E-state index contributed by atoms with van der Waals surface area (Å²) in [5.41, 5.74) is 1.08. The Bertz CT molecular complexity index is 260. The Morgan fingerprint density at radius 3 is 2.55 bits per heavy atom. The van der Waals surface area contributed by atoms with E-state index in [4.69, 9.17) is 16.6 Å². The zero-order valence-electron chi connectivity index (χ0n) is 7.05. The van der Waals surface area contributed by atoms with Crippen molar-refractivity contribution in [3.8, 4) is 0 Å². The molecule has 1 aromatic rings. The highest BCUT2D eigenvalue weighted by atomic mass is 32.1. The molecule has 0 unspecified atom stereocenters. The van der Waals surface area contributed by atoms with E-state index in [1.54, 1.807) is 6.26 Å². The summed E-state index contributed by atoms with van der Waals surface area (Å²) in [5, 5.41) is 0. The summed E-state index contributed by atoms with van der Waals surface area (Å²) in [4.78, 5) is 0.983. The minimum Gasteiger partial charge on any atom is -0.469 e. The first kappa shape index (κ1) is 8.47. The number of hydrogen-bond donors (Lipinski definition) is 0. The molecule has 0 N–H and O–H groups in total. The molecule has 1 heterocycles. The summed E-state index contributed by atoms with van der Waals surface area (Å²) < 4.78 is 5.15. The van der Waals surface area contributed by atoms with E-state index in [9.17, 15) is 0 Å². The molecule has 0 aliphatic rings. The number of thiocarbonyl (C=S) groups is 1. The SMILES string of the molecule is Cc1occc1C(=S)C(C)C. The maximum atomic E-state index is 5.23. The van der Waals surface area contributed by atoms with Crippen LogP contribution in [0.2, 0.25) is 0 Å². The Labute approximate surface area is 72.4 Å². The molecule has 11 heavy (non-hydrogen) atoms. The average molecular weight is 168 g/mol. The van der Waals surface area contributed by atoms with Crippen LogP contribution in [0.5, 0.6) is 0 Å². The third-order valence-corrected chi connectivity index (χ3v) is 2.34. The fourth-order valence-corrected chi connectivity index (χ4v) is 1.16. The Balaban J connectivity index is 2.93. The Kier molecular flexibility index (Phi) is 2.45. The van der Waals surface area contributed by atoms with Crippen LogP contribution < -0.4 is 0 Å². The lowest BCUT2D eigenvalue weighted by Crippen LogP contribution is -2.05. The van der Waals surface area contributed by atoms with Crippen LogP contribution in [0, 0.1) is 12.8 Å². The van der Waals surface area contributed by atoms with Crippen LogP contribution in [-0.2, 0) is 0 Å². The van der Waals surface area contributed by atoms with Gasteiger partial charge >= 0.3 is 0 Å². The fourth-order valence-electron chi connectivity index (χ4n) is 0.952. The van der Waals surface area contributed by atoms with Crippen LogP contribution in [0.25, 0.3) is 0 Å². The average Bonchev–Trinajstić information content (AvgIpc) is 2.33. The van der Waals surface area contributed by atoms with E-state index in [0.29, 0.717) is 5.92 Å². The van der Waals surface area contributed by atoms with Crippen molar-refractivity contribution in [3.63, 3.8) is 0 Å². The van der Waals surface area contributed by atoms with Crippen molar-refractivity contribution < 1.29 is 4.42 Å². The molecule has 0 aliphatic carbocycles. The first-order valence-electron chi connectivity index (χ1n) is 3.71. The van der Waals surface area contributed by atoms with Gasteiger partial charge in [0.2, 0.25) is 0 Å². The van der Waals surface area contributed by atoms with Crippen LogP contribution in [-0.4, -0.2) is 4.86 Å². The van der Waals surface area contributed by atoms with Gasteiger partial charge in [0.1, 0.15) is 5.76 Å². The summed E-state index contributed by atoms with van der Waals surface area (Å²) >= 11 is 5.23. The minimum absolute atomic E-state index is 0.418. The summed E-state index contributed by atoms with van der Waals surface area (Å²) in [7, 11) is 0. The molecule has 0 bridgehead atoms. The van der Waals surface area contributed by atoms with E-state index < -0.39 is 0 Å². The third kappa shape index (κ3) is 1.69. The quantitative estimate of drug-likeness (QED) is 0.497. The predicted octanol–water partition coefficient (Wildman–Crippen LogP) is 2.96. The second-order valence-corrected chi connectivity index (χ2v) is 3.35. The molecule has 0 fully saturated rings. The lowest BCUT2D eigenvalue weighted by Gasteiger charge is -2.04. The lowest BCUT2D eigenvalue weighted by molar-refractivity contribution is 0.533. The van der Waals surface area contributed by atoms with Gasteiger partial charge in [-0.25, -0.2) is 0 Å². The van der Waals surface area contributed by atoms with Crippen molar-refractivity contribution in [2.45, 2.75) is 20.8 Å². The fraction of sp³-hybridized carbons (Fsp3) is 0.444. The van der Waals surface area contributed by atoms with E-state index in [-0.39, 0.29) is 0 Å². The standard InChI is InChI=1S/C9H12OS/c1-6(2)9(11)8-4-5-10-7(8)3/h4-6H,1-3H3. The molecule has 0 saturated carbocycles. The van der Waals surface area contributed by atoms with Crippen molar-refractivity contribution >= 4 is 17.1 Å². The first-order valence-corrected chi connectivity index (χ1v) is 4.12. The molecule has 1 rings (SSSR count). The highest BCUT2D eigenvalue weighted by Gasteiger charge is 2.09. The van der Waals surface area contributed by atoms with Gasteiger partial charge in [0.15, 0.2) is 0 Å². The van der Waals surface area contributed by atoms with Crippen LogP contribution in [0.1, 0.15) is 25.2 Å². The topological polar surface area (TPSA) is 13.1 Å². The largest absolute Gasteiger partial charge is 0.469 e. The molecule has 0 amide bonds. The zero-order chi connectivity index (χ0) is 8.43. The maximum absolute atomic E-state index is 5.23. The van der Waals surface area contributed by atoms with Gasteiger partial charge in [-0.15, -0.1) is 0 Å². The summed E-state index contributed by atoms with van der Waals surface area (Å²) in [6, 6.07) is 1.93. The van der Waals surface area contributed by atoms with Gasteiger partial charge < -0.3 is 4.42 Å². The van der Waals surface area contributed by atoms with E-state index in [1.165, 1.54) is 0 Å². The second-order valence-electron chi connectivity index (χ2n) is 2.91. The van der Waals surface area contributed by atoms with Crippen LogP contribution >= 0.6 is 12.2 Å². The molecule has 1 nitrogen and oxygen atoms in total. The van der Waals surface area contributed by atoms with E-state index in [0.717, 1.165) is 16.2 Å². The van der Waals surface area contributed by atoms with Crippen molar-refractivity contribution in [3.05, 3.63) is 23.7 Å². The van der Waals surface area contributed by atoms with E-state index in [2.05, 4.69) is 13.8 Å². The van der Waals surface area contributed by atoms with Crippen LogP contribution in [0.15, 0.2) is 16.7 Å². The monoisotopic (exact) mass is 168 g/mol. The Morgan fingerprint density at radius 2 is 2.18 bits per heavy atom. The molecule has 0 spiro atoms. The highest BCUT2D eigenvalue weighted by Crippen LogP contribution is 2.14. The van der Waals surface area contributed by atoms with Gasteiger partial charge in [0.25, 0.3) is 0 Å². The molecule has 2 heteroatoms. The highest BCUT2D eigenvalue weighted by molar-refractivity contribution is 7.80. The van der Waals surface area contributed by atoms with Gasteiger partial charge in [-0.05, 0) is 18.9 Å². The van der Waals surface area contributed by atoms with E-state index in [1.807, 2.05) is 13.0 Å². The third-order valence-electron chi connectivity index (χ3n) is 1.65. The van der Waals surface area contributed by atoms with Crippen molar-refractivity contribution in [2.24, 2.45) is 5.92 Å². The Hall–Kier alpha value is -0.630. The van der Waals surface area contributed by atoms with E-state index >= 15 is 0 Å². The molecular weight excluding hydrogens is 156 g/mol. The van der Waals surface area contributed by atoms with Crippen LogP contribution in [0.3, 0.4) is 0 Å². The summed E-state index contributed by atoms with van der Waals surface area (Å²) in [5.74, 6) is 1.34. The van der Waals surface area contributed by atoms with Crippen molar-refractivity contribution in [1.82, 2.24) is 0 Å². The summed E-state index contributed by atoms with van der Waals surface area (Å²) in [6.07, 6.45) is 1.68.